The summed E-state index contributed by atoms with van der Waals surface area (Å²) in [6, 6.07) is 4.73. The minimum Gasteiger partial charge on any atom is -0.502 e. The topological polar surface area (TPSA) is 124 Å². The number of phenolic OH excluding ortho intramolecular Hbond substituents is 2. The second-order valence-electron chi connectivity index (χ2n) is 7.10. The first kappa shape index (κ1) is 23.1. The van der Waals surface area contributed by atoms with E-state index in [1.54, 1.807) is 24.3 Å². The summed E-state index contributed by atoms with van der Waals surface area (Å²) >= 11 is 0. The monoisotopic (exact) mass is 446 g/mol. The molecule has 0 fully saturated rings. The lowest BCUT2D eigenvalue weighted by Gasteiger charge is -2.34. The summed E-state index contributed by atoms with van der Waals surface area (Å²) in [4.78, 5) is 12.6. The van der Waals surface area contributed by atoms with Gasteiger partial charge in [-0.1, -0.05) is 0 Å². The van der Waals surface area contributed by atoms with Crippen LogP contribution in [0.2, 0.25) is 0 Å². The average Bonchev–Trinajstić information content (AvgIpc) is 2.82. The predicted octanol–water partition coefficient (Wildman–Crippen LogP) is 2.44. The first-order chi connectivity index (χ1) is 15.4. The highest BCUT2D eigenvalue weighted by Gasteiger charge is 2.40. The number of hydrogen-bond acceptors (Lipinski definition) is 9. The third-order valence-electron chi connectivity index (χ3n) is 5.62. The number of fused-ring (bicyclic) bond motifs is 1. The van der Waals surface area contributed by atoms with Gasteiger partial charge in [0.2, 0.25) is 11.5 Å². The van der Waals surface area contributed by atoms with Crippen molar-refractivity contribution in [3.05, 3.63) is 40.5 Å². The Balaban J connectivity index is 2.41. The van der Waals surface area contributed by atoms with Crippen LogP contribution in [-0.4, -0.2) is 63.4 Å². The largest absolute Gasteiger partial charge is 0.502 e. The molecule has 9 nitrogen and oxygen atoms in total. The van der Waals surface area contributed by atoms with E-state index in [0.717, 1.165) is 0 Å². The lowest BCUT2D eigenvalue weighted by molar-refractivity contribution is -0.136. The molecule has 32 heavy (non-hydrogen) atoms. The highest BCUT2D eigenvalue weighted by Crippen LogP contribution is 2.53. The van der Waals surface area contributed by atoms with E-state index in [4.69, 9.17) is 23.7 Å². The van der Waals surface area contributed by atoms with E-state index in [2.05, 4.69) is 0 Å². The molecule has 0 aliphatic heterocycles. The fourth-order valence-corrected chi connectivity index (χ4v) is 4.14. The molecule has 2 atom stereocenters. The third kappa shape index (κ3) is 3.64. The molecule has 0 saturated carbocycles. The van der Waals surface area contributed by atoms with Crippen LogP contribution in [0.4, 0.5) is 0 Å². The van der Waals surface area contributed by atoms with Crippen molar-refractivity contribution in [2.75, 3.05) is 42.2 Å². The molecule has 0 aromatic heterocycles. The SMILES string of the molecule is COC(=O)C1=Cc2cc(OC)c(O)c(OC)c2[C@H](c2cc(OC)c(O)c(OC)c2)[C@H]1CO. The van der Waals surface area contributed by atoms with Gasteiger partial charge in [0.05, 0.1) is 42.2 Å². The van der Waals surface area contributed by atoms with Crippen molar-refractivity contribution in [3.8, 4) is 34.5 Å². The van der Waals surface area contributed by atoms with E-state index in [0.29, 0.717) is 16.7 Å². The van der Waals surface area contributed by atoms with E-state index < -0.39 is 24.4 Å². The predicted molar refractivity (Wildman–Crippen MR) is 115 cm³/mol. The molecule has 0 amide bonds. The molecule has 0 unspecified atom stereocenters. The highest BCUT2D eigenvalue weighted by molar-refractivity contribution is 5.96. The fourth-order valence-electron chi connectivity index (χ4n) is 4.14. The number of rotatable bonds is 7. The number of phenols is 2. The Morgan fingerprint density at radius 1 is 0.875 bits per heavy atom. The first-order valence-electron chi connectivity index (χ1n) is 9.70. The molecule has 172 valence electrons. The zero-order valence-corrected chi connectivity index (χ0v) is 18.5. The lowest BCUT2D eigenvalue weighted by Crippen LogP contribution is -2.29. The van der Waals surface area contributed by atoms with Gasteiger partial charge < -0.3 is 39.0 Å². The molecule has 0 spiro atoms. The summed E-state index contributed by atoms with van der Waals surface area (Å²) in [6.45, 7) is -0.410. The van der Waals surface area contributed by atoms with Crippen LogP contribution in [0, 0.1) is 5.92 Å². The lowest BCUT2D eigenvalue weighted by atomic mass is 9.71. The summed E-state index contributed by atoms with van der Waals surface area (Å²) < 4.78 is 26.3. The first-order valence-corrected chi connectivity index (χ1v) is 9.70. The number of carbonyl (C=O) groups is 1. The van der Waals surface area contributed by atoms with Crippen LogP contribution in [0.15, 0.2) is 23.8 Å². The number of aromatic hydroxyl groups is 2. The van der Waals surface area contributed by atoms with Crippen molar-refractivity contribution >= 4 is 12.0 Å². The quantitative estimate of drug-likeness (QED) is 0.550. The van der Waals surface area contributed by atoms with Crippen LogP contribution in [0.25, 0.3) is 6.08 Å². The maximum absolute atomic E-state index is 12.6. The minimum atomic E-state index is -0.754. The minimum absolute atomic E-state index is 0.133. The van der Waals surface area contributed by atoms with Gasteiger partial charge in [0.15, 0.2) is 23.0 Å². The Morgan fingerprint density at radius 3 is 1.91 bits per heavy atom. The molecule has 9 heteroatoms. The fraction of sp³-hybridized carbons (Fsp3) is 0.348. The van der Waals surface area contributed by atoms with Crippen LogP contribution in [0.3, 0.4) is 0 Å². The molecule has 0 heterocycles. The molecule has 1 aliphatic carbocycles. The average molecular weight is 446 g/mol. The summed E-state index contributed by atoms with van der Waals surface area (Å²) in [7, 11) is 6.85. The smallest absolute Gasteiger partial charge is 0.334 e. The number of carbonyl (C=O) groups excluding carboxylic acids is 1. The Labute approximate surface area is 185 Å². The zero-order valence-electron chi connectivity index (χ0n) is 18.5. The van der Waals surface area contributed by atoms with Gasteiger partial charge in [0.25, 0.3) is 0 Å². The van der Waals surface area contributed by atoms with Gasteiger partial charge >= 0.3 is 5.97 Å². The van der Waals surface area contributed by atoms with Gasteiger partial charge in [-0.3, -0.25) is 0 Å². The molecule has 2 aromatic rings. The molecule has 1 aliphatic rings. The summed E-state index contributed by atoms with van der Waals surface area (Å²) in [5.74, 6) is -1.89. The van der Waals surface area contributed by atoms with Crippen molar-refractivity contribution in [1.82, 2.24) is 0 Å². The van der Waals surface area contributed by atoms with Crippen molar-refractivity contribution in [2.24, 2.45) is 5.92 Å². The second-order valence-corrected chi connectivity index (χ2v) is 7.10. The van der Waals surface area contributed by atoms with Crippen molar-refractivity contribution < 1.29 is 43.8 Å². The van der Waals surface area contributed by atoms with E-state index in [-0.39, 0.29) is 40.1 Å². The molecule has 0 radical (unpaired) electrons. The number of esters is 1. The van der Waals surface area contributed by atoms with E-state index >= 15 is 0 Å². The van der Waals surface area contributed by atoms with E-state index in [1.807, 2.05) is 0 Å². The number of aliphatic hydroxyl groups is 1. The number of ether oxygens (including phenoxy) is 5. The van der Waals surface area contributed by atoms with E-state index in [9.17, 15) is 20.1 Å². The van der Waals surface area contributed by atoms with Crippen LogP contribution in [0.5, 0.6) is 34.5 Å². The van der Waals surface area contributed by atoms with Gasteiger partial charge in [-0.25, -0.2) is 4.79 Å². The molecular weight excluding hydrogens is 420 g/mol. The summed E-state index contributed by atoms with van der Waals surface area (Å²) in [6.07, 6.45) is 1.58. The Kier molecular flexibility index (Phi) is 6.69. The Bertz CT molecular complexity index is 1030. The van der Waals surface area contributed by atoms with Gasteiger partial charge in [-0.2, -0.15) is 0 Å². The molecule has 3 N–H and O–H groups in total. The van der Waals surface area contributed by atoms with Gasteiger partial charge in [-0.05, 0) is 35.4 Å². The van der Waals surface area contributed by atoms with Gasteiger partial charge in [0.1, 0.15) is 0 Å². The normalized spacial score (nSPS) is 17.1. The number of methoxy groups -OCH3 is 5. The number of benzene rings is 2. The molecular formula is C23H26O9. The summed E-state index contributed by atoms with van der Waals surface area (Å²) in [5.41, 5.74) is 1.84. The van der Waals surface area contributed by atoms with Crippen molar-refractivity contribution in [3.63, 3.8) is 0 Å². The Hall–Kier alpha value is -3.59. The maximum atomic E-state index is 12.6. The second kappa shape index (κ2) is 9.27. The third-order valence-corrected chi connectivity index (χ3v) is 5.62. The number of aliphatic hydroxyl groups excluding tert-OH is 1. The van der Waals surface area contributed by atoms with E-state index in [1.165, 1.54) is 35.5 Å². The zero-order chi connectivity index (χ0) is 23.6. The van der Waals surface area contributed by atoms with Crippen LogP contribution >= 0.6 is 0 Å². The molecule has 0 saturated heterocycles. The van der Waals surface area contributed by atoms with Gasteiger partial charge in [-0.15, -0.1) is 0 Å². The molecule has 2 aromatic carbocycles. The van der Waals surface area contributed by atoms with Crippen LogP contribution in [-0.2, 0) is 9.53 Å². The van der Waals surface area contributed by atoms with Gasteiger partial charge in [0, 0.05) is 23.0 Å². The maximum Gasteiger partial charge on any atom is 0.334 e. The van der Waals surface area contributed by atoms with Crippen LogP contribution in [0.1, 0.15) is 22.6 Å². The van der Waals surface area contributed by atoms with Crippen molar-refractivity contribution in [2.45, 2.75) is 5.92 Å². The highest BCUT2D eigenvalue weighted by atomic mass is 16.5. The number of hydrogen-bond donors (Lipinski definition) is 3. The Morgan fingerprint density at radius 2 is 1.44 bits per heavy atom. The van der Waals surface area contributed by atoms with Crippen LogP contribution < -0.4 is 18.9 Å². The summed E-state index contributed by atoms with van der Waals surface area (Å²) in [5, 5.41) is 31.4. The van der Waals surface area contributed by atoms with Crippen molar-refractivity contribution in [1.29, 1.82) is 0 Å². The standard InChI is InChI=1S/C23H26O9/c1-28-15-8-12(9-16(29-2)20(15)25)18-14(10-24)13(23(27)32-5)6-11-7-17(30-3)21(26)22(31-4)19(11)18/h6-9,14,18,24-26H,10H2,1-5H3/t14-,18+/m0/s1. The molecule has 0 bridgehead atoms. The molecule has 3 rings (SSSR count).